The SMILES string of the molecule is COc1cc2ncnc(-c3cnc(NS(N)(=O)=O)o3)c2cc1OC. The molecule has 2 heterocycles. The van der Waals surface area contributed by atoms with E-state index in [1.165, 1.54) is 26.7 Å². The highest BCUT2D eigenvalue weighted by molar-refractivity contribution is 7.90. The van der Waals surface area contributed by atoms with Crippen molar-refractivity contribution in [3.63, 3.8) is 0 Å². The number of hydrogen-bond acceptors (Lipinski definition) is 8. The summed E-state index contributed by atoms with van der Waals surface area (Å²) in [7, 11) is -0.953. The topological polar surface area (TPSA) is 142 Å². The Labute approximate surface area is 136 Å². The van der Waals surface area contributed by atoms with Crippen molar-refractivity contribution < 1.29 is 22.3 Å². The number of nitrogens with two attached hydrogens (primary N) is 1. The Morgan fingerprint density at radius 3 is 2.50 bits per heavy atom. The second-order valence-electron chi connectivity index (χ2n) is 4.62. The maximum Gasteiger partial charge on any atom is 0.310 e. The number of nitrogens with zero attached hydrogens (tertiary/aromatic N) is 3. The van der Waals surface area contributed by atoms with Gasteiger partial charge in [-0.25, -0.2) is 24.8 Å². The van der Waals surface area contributed by atoms with Crippen molar-refractivity contribution in [3.8, 4) is 23.0 Å². The van der Waals surface area contributed by atoms with Gasteiger partial charge in [-0.2, -0.15) is 8.42 Å². The molecule has 0 aliphatic heterocycles. The molecular formula is C13H13N5O5S. The Kier molecular flexibility index (Phi) is 3.95. The van der Waals surface area contributed by atoms with Crippen LogP contribution in [0.3, 0.4) is 0 Å². The van der Waals surface area contributed by atoms with E-state index in [9.17, 15) is 8.42 Å². The van der Waals surface area contributed by atoms with Crippen LogP contribution in [0.2, 0.25) is 0 Å². The predicted molar refractivity (Wildman–Crippen MR) is 84.9 cm³/mol. The zero-order chi connectivity index (χ0) is 17.3. The number of anilines is 1. The molecule has 0 aliphatic rings. The van der Waals surface area contributed by atoms with Crippen LogP contribution in [0.25, 0.3) is 22.4 Å². The molecular weight excluding hydrogens is 338 g/mol. The summed E-state index contributed by atoms with van der Waals surface area (Å²) < 4.78 is 39.8. The van der Waals surface area contributed by atoms with Gasteiger partial charge in [-0.15, -0.1) is 0 Å². The summed E-state index contributed by atoms with van der Waals surface area (Å²) in [6, 6.07) is 3.12. The molecule has 126 valence electrons. The van der Waals surface area contributed by atoms with Crippen molar-refractivity contribution in [3.05, 3.63) is 24.7 Å². The molecule has 10 nitrogen and oxygen atoms in total. The highest BCUT2D eigenvalue weighted by Gasteiger charge is 2.16. The monoisotopic (exact) mass is 351 g/mol. The molecule has 0 atom stereocenters. The number of oxazole rings is 1. The van der Waals surface area contributed by atoms with Crippen LogP contribution < -0.4 is 19.3 Å². The van der Waals surface area contributed by atoms with Crippen molar-refractivity contribution in [2.24, 2.45) is 5.14 Å². The molecule has 2 aromatic heterocycles. The van der Waals surface area contributed by atoms with Crippen LogP contribution >= 0.6 is 0 Å². The molecule has 11 heteroatoms. The average molecular weight is 351 g/mol. The van der Waals surface area contributed by atoms with Crippen molar-refractivity contribution in [1.29, 1.82) is 0 Å². The first-order chi connectivity index (χ1) is 11.4. The van der Waals surface area contributed by atoms with E-state index in [1.807, 2.05) is 4.72 Å². The Hall–Kier alpha value is -2.92. The third-order valence-corrected chi connectivity index (χ3v) is 3.57. The third kappa shape index (κ3) is 3.07. The van der Waals surface area contributed by atoms with E-state index in [2.05, 4.69) is 15.0 Å². The van der Waals surface area contributed by atoms with Crippen molar-refractivity contribution in [2.75, 3.05) is 18.9 Å². The number of methoxy groups -OCH3 is 2. The number of benzene rings is 1. The summed E-state index contributed by atoms with van der Waals surface area (Å²) in [6.45, 7) is 0. The lowest BCUT2D eigenvalue weighted by Crippen LogP contribution is -2.21. The number of fused-ring (bicyclic) bond motifs is 1. The van der Waals surface area contributed by atoms with Crippen LogP contribution in [0, 0.1) is 0 Å². The van der Waals surface area contributed by atoms with Crippen LogP contribution in [0.15, 0.2) is 29.1 Å². The first-order valence-corrected chi connectivity index (χ1v) is 8.09. The fourth-order valence-corrected chi connectivity index (χ4v) is 2.47. The molecule has 3 rings (SSSR count). The van der Waals surface area contributed by atoms with Gasteiger partial charge in [0.1, 0.15) is 12.0 Å². The quantitative estimate of drug-likeness (QED) is 0.691. The van der Waals surface area contributed by atoms with Gasteiger partial charge in [0.05, 0.1) is 25.9 Å². The lowest BCUT2D eigenvalue weighted by atomic mass is 10.1. The van der Waals surface area contributed by atoms with Crippen LogP contribution in [-0.2, 0) is 10.2 Å². The molecule has 0 aliphatic carbocycles. The fourth-order valence-electron chi connectivity index (χ4n) is 2.13. The standard InChI is InChI=1S/C13H13N5O5S/c1-21-9-3-7-8(4-10(9)22-2)16-6-17-12(7)11-5-15-13(23-11)18-24(14,19)20/h3-6H,1-2H3,(H,15,18)(H2,14,19,20). The first-order valence-electron chi connectivity index (χ1n) is 6.54. The van der Waals surface area contributed by atoms with Crippen molar-refractivity contribution in [2.45, 2.75) is 0 Å². The molecule has 3 N–H and O–H groups in total. The fraction of sp³-hybridized carbons (Fsp3) is 0.154. The molecule has 0 spiro atoms. The lowest BCUT2D eigenvalue weighted by molar-refractivity contribution is 0.356. The zero-order valence-electron chi connectivity index (χ0n) is 12.7. The van der Waals surface area contributed by atoms with E-state index >= 15 is 0 Å². The molecule has 3 aromatic rings. The second kappa shape index (κ2) is 5.94. The van der Waals surface area contributed by atoms with E-state index in [-0.39, 0.29) is 11.8 Å². The van der Waals surface area contributed by atoms with Gasteiger partial charge in [-0.3, -0.25) is 0 Å². The van der Waals surface area contributed by atoms with Crippen LogP contribution in [-0.4, -0.2) is 37.6 Å². The largest absolute Gasteiger partial charge is 0.493 e. The average Bonchev–Trinajstić information content (AvgIpc) is 2.99. The second-order valence-corrected chi connectivity index (χ2v) is 5.92. The van der Waals surface area contributed by atoms with Crippen LogP contribution in [0.5, 0.6) is 11.5 Å². The smallest absolute Gasteiger partial charge is 0.310 e. The summed E-state index contributed by atoms with van der Waals surface area (Å²) >= 11 is 0. The summed E-state index contributed by atoms with van der Waals surface area (Å²) in [4.78, 5) is 12.2. The minimum Gasteiger partial charge on any atom is -0.493 e. The van der Waals surface area contributed by atoms with Gasteiger partial charge >= 0.3 is 6.01 Å². The van der Waals surface area contributed by atoms with Crippen molar-refractivity contribution >= 4 is 27.1 Å². The Bertz CT molecular complexity index is 1000. The minimum absolute atomic E-state index is 0.237. The molecule has 0 unspecified atom stereocenters. The Balaban J connectivity index is 2.13. The molecule has 0 bridgehead atoms. The van der Waals surface area contributed by atoms with Crippen molar-refractivity contribution in [1.82, 2.24) is 15.0 Å². The number of rotatable bonds is 5. The number of ether oxygens (including phenoxy) is 2. The zero-order valence-corrected chi connectivity index (χ0v) is 13.5. The molecule has 0 radical (unpaired) electrons. The van der Waals surface area contributed by atoms with E-state index in [0.717, 1.165) is 0 Å². The summed E-state index contributed by atoms with van der Waals surface area (Å²) in [5.74, 6) is 1.24. The maximum absolute atomic E-state index is 11.0. The lowest BCUT2D eigenvalue weighted by Gasteiger charge is -2.09. The highest BCUT2D eigenvalue weighted by atomic mass is 32.2. The Morgan fingerprint density at radius 1 is 1.12 bits per heavy atom. The molecule has 0 amide bonds. The minimum atomic E-state index is -3.98. The Morgan fingerprint density at radius 2 is 1.83 bits per heavy atom. The molecule has 0 saturated carbocycles. The van der Waals surface area contributed by atoms with E-state index in [4.69, 9.17) is 19.0 Å². The van der Waals surface area contributed by atoms with Gasteiger partial charge in [0, 0.05) is 11.5 Å². The normalized spacial score (nSPS) is 11.5. The van der Waals surface area contributed by atoms with E-state index < -0.39 is 10.2 Å². The van der Waals surface area contributed by atoms with Crippen LogP contribution in [0.4, 0.5) is 6.01 Å². The van der Waals surface area contributed by atoms with E-state index in [0.29, 0.717) is 28.1 Å². The van der Waals surface area contributed by atoms with Gasteiger partial charge in [-0.05, 0) is 6.07 Å². The predicted octanol–water partition coefficient (Wildman–Crippen LogP) is 0.917. The van der Waals surface area contributed by atoms with E-state index in [1.54, 1.807) is 12.1 Å². The van der Waals surface area contributed by atoms with Gasteiger partial charge in [0.15, 0.2) is 17.3 Å². The van der Waals surface area contributed by atoms with Crippen LogP contribution in [0.1, 0.15) is 0 Å². The molecule has 1 aromatic carbocycles. The molecule has 0 fully saturated rings. The summed E-state index contributed by atoms with van der Waals surface area (Å²) in [5, 5.41) is 5.50. The summed E-state index contributed by atoms with van der Waals surface area (Å²) in [6.07, 6.45) is 2.67. The molecule has 0 saturated heterocycles. The van der Waals surface area contributed by atoms with Gasteiger partial charge in [0.25, 0.3) is 10.2 Å². The summed E-state index contributed by atoms with van der Waals surface area (Å²) in [5.41, 5.74) is 1.01. The van der Waals surface area contributed by atoms with Gasteiger partial charge in [0.2, 0.25) is 0 Å². The maximum atomic E-state index is 11.0. The first kappa shape index (κ1) is 16.0. The van der Waals surface area contributed by atoms with Gasteiger partial charge < -0.3 is 13.9 Å². The highest BCUT2D eigenvalue weighted by Crippen LogP contribution is 2.35. The van der Waals surface area contributed by atoms with Gasteiger partial charge in [-0.1, -0.05) is 0 Å². The number of aromatic nitrogens is 3. The number of hydrogen-bond donors (Lipinski definition) is 2. The number of nitrogens with one attached hydrogen (secondary N) is 1. The molecule has 24 heavy (non-hydrogen) atoms. The third-order valence-electron chi connectivity index (χ3n) is 3.11.